The lowest BCUT2D eigenvalue weighted by Gasteiger charge is -2.19. The van der Waals surface area contributed by atoms with Crippen LogP contribution in [0.15, 0.2) is 41.1 Å². The van der Waals surface area contributed by atoms with E-state index < -0.39 is 10.2 Å². The lowest BCUT2D eigenvalue weighted by Crippen LogP contribution is -2.36. The first-order valence-corrected chi connectivity index (χ1v) is 8.60. The second-order valence-corrected chi connectivity index (χ2v) is 7.69. The maximum atomic E-state index is 12.0. The van der Waals surface area contributed by atoms with Crippen LogP contribution in [0, 0.1) is 0 Å². The normalized spacial score (nSPS) is 12.4. The van der Waals surface area contributed by atoms with Crippen LogP contribution in [0.2, 0.25) is 0 Å². The monoisotopic (exact) mass is 347 g/mol. The Morgan fingerprint density at radius 2 is 1.88 bits per heavy atom. The Morgan fingerprint density at radius 3 is 2.62 bits per heavy atom. The summed E-state index contributed by atoms with van der Waals surface area (Å²) >= 11 is 0. The van der Waals surface area contributed by atoms with Gasteiger partial charge in [-0.3, -0.25) is 4.98 Å². The van der Waals surface area contributed by atoms with Gasteiger partial charge in [-0.25, -0.2) is 0 Å². The van der Waals surface area contributed by atoms with Crippen molar-refractivity contribution < 1.29 is 12.9 Å². The van der Waals surface area contributed by atoms with E-state index in [1.807, 2.05) is 30.3 Å². The zero-order chi connectivity index (χ0) is 17.3. The van der Waals surface area contributed by atoms with Crippen molar-refractivity contribution in [3.05, 3.63) is 42.4 Å². The number of hydrogen-bond donors (Lipinski definition) is 0. The SMILES string of the molecule is CN(C)S(=O)(=O)N(C)Cc1nc(-c2nccc3ccccc23)no1. The quantitative estimate of drug-likeness (QED) is 0.695. The lowest BCUT2D eigenvalue weighted by atomic mass is 10.1. The molecule has 0 saturated carbocycles. The average Bonchev–Trinajstić information content (AvgIpc) is 3.02. The lowest BCUT2D eigenvalue weighted by molar-refractivity contribution is 0.327. The van der Waals surface area contributed by atoms with Gasteiger partial charge in [-0.15, -0.1) is 0 Å². The largest absolute Gasteiger partial charge is 0.337 e. The first-order valence-electron chi connectivity index (χ1n) is 7.20. The van der Waals surface area contributed by atoms with Gasteiger partial charge >= 0.3 is 0 Å². The van der Waals surface area contributed by atoms with Gasteiger partial charge in [0.1, 0.15) is 5.69 Å². The number of nitrogens with zero attached hydrogens (tertiary/aromatic N) is 5. The first-order chi connectivity index (χ1) is 11.4. The predicted octanol–water partition coefficient (Wildman–Crippen LogP) is 1.52. The highest BCUT2D eigenvalue weighted by atomic mass is 32.2. The van der Waals surface area contributed by atoms with E-state index in [1.165, 1.54) is 21.1 Å². The fraction of sp³-hybridized carbons (Fsp3) is 0.267. The highest BCUT2D eigenvalue weighted by molar-refractivity contribution is 7.86. The highest BCUT2D eigenvalue weighted by Gasteiger charge is 2.23. The summed E-state index contributed by atoms with van der Waals surface area (Å²) < 4.78 is 31.5. The van der Waals surface area contributed by atoms with Crippen LogP contribution in [-0.4, -0.2) is 53.3 Å². The zero-order valence-electron chi connectivity index (χ0n) is 13.5. The summed E-state index contributed by atoms with van der Waals surface area (Å²) in [5, 5.41) is 5.85. The van der Waals surface area contributed by atoms with E-state index in [9.17, 15) is 8.42 Å². The predicted molar refractivity (Wildman–Crippen MR) is 89.1 cm³/mol. The van der Waals surface area contributed by atoms with Gasteiger partial charge < -0.3 is 4.52 Å². The molecule has 0 fully saturated rings. The number of aromatic nitrogens is 3. The summed E-state index contributed by atoms with van der Waals surface area (Å²) in [7, 11) is 0.839. The molecule has 2 heterocycles. The van der Waals surface area contributed by atoms with Gasteiger partial charge in [0, 0.05) is 32.7 Å². The Balaban J connectivity index is 1.91. The molecule has 2 aromatic heterocycles. The second-order valence-electron chi connectivity index (χ2n) is 5.44. The molecule has 0 aliphatic rings. The van der Waals surface area contributed by atoms with Gasteiger partial charge in [0.05, 0.1) is 6.54 Å². The standard InChI is InChI=1S/C15H17N5O3S/c1-19(2)24(21,22)20(3)10-13-17-15(18-23-13)14-12-7-5-4-6-11(12)8-9-16-14/h4-9H,10H2,1-3H3. The van der Waals surface area contributed by atoms with Crippen LogP contribution in [0.25, 0.3) is 22.3 Å². The number of benzene rings is 1. The van der Waals surface area contributed by atoms with Crippen LogP contribution in [0.5, 0.6) is 0 Å². The summed E-state index contributed by atoms with van der Waals surface area (Å²) in [4.78, 5) is 8.60. The molecule has 0 unspecified atom stereocenters. The van der Waals surface area contributed by atoms with Crippen LogP contribution < -0.4 is 0 Å². The fourth-order valence-corrected chi connectivity index (χ4v) is 3.10. The first kappa shape index (κ1) is 16.5. The molecule has 0 bridgehead atoms. The van der Waals surface area contributed by atoms with E-state index in [1.54, 1.807) is 6.20 Å². The number of pyridine rings is 1. The molecule has 3 aromatic rings. The number of hydrogen-bond acceptors (Lipinski definition) is 6. The van der Waals surface area contributed by atoms with Crippen LogP contribution in [0.3, 0.4) is 0 Å². The van der Waals surface area contributed by atoms with Crippen molar-refractivity contribution in [3.63, 3.8) is 0 Å². The molecular formula is C15H17N5O3S. The van der Waals surface area contributed by atoms with E-state index in [2.05, 4.69) is 15.1 Å². The summed E-state index contributed by atoms with van der Waals surface area (Å²) in [6.07, 6.45) is 1.68. The third-order valence-corrected chi connectivity index (χ3v) is 5.41. The Bertz CT molecular complexity index is 963. The van der Waals surface area contributed by atoms with E-state index in [0.29, 0.717) is 11.5 Å². The van der Waals surface area contributed by atoms with Crippen LogP contribution in [0.1, 0.15) is 5.89 Å². The third kappa shape index (κ3) is 3.01. The van der Waals surface area contributed by atoms with Gasteiger partial charge in [0.2, 0.25) is 11.7 Å². The van der Waals surface area contributed by atoms with E-state index >= 15 is 0 Å². The van der Waals surface area contributed by atoms with Gasteiger partial charge in [-0.2, -0.15) is 22.0 Å². The van der Waals surface area contributed by atoms with Crippen molar-refractivity contribution >= 4 is 21.0 Å². The summed E-state index contributed by atoms with van der Waals surface area (Å²) in [6.45, 7) is -0.0156. The second kappa shape index (κ2) is 6.27. The van der Waals surface area contributed by atoms with Crippen LogP contribution in [-0.2, 0) is 16.8 Å². The molecule has 0 atom stereocenters. The van der Waals surface area contributed by atoms with Crippen molar-refractivity contribution in [2.45, 2.75) is 6.54 Å². The number of rotatable bonds is 5. The van der Waals surface area contributed by atoms with E-state index in [0.717, 1.165) is 19.4 Å². The molecule has 0 spiro atoms. The molecule has 126 valence electrons. The topological polar surface area (TPSA) is 92.4 Å². The smallest absolute Gasteiger partial charge is 0.281 e. The molecule has 1 aromatic carbocycles. The Labute approximate surface area is 139 Å². The molecule has 0 radical (unpaired) electrons. The zero-order valence-corrected chi connectivity index (χ0v) is 14.4. The minimum absolute atomic E-state index is 0.0156. The van der Waals surface area contributed by atoms with E-state index in [-0.39, 0.29) is 12.4 Å². The third-order valence-electron chi connectivity index (χ3n) is 3.57. The molecule has 0 amide bonds. The maximum absolute atomic E-state index is 12.0. The molecule has 0 N–H and O–H groups in total. The Hall–Kier alpha value is -2.36. The van der Waals surface area contributed by atoms with Gasteiger partial charge in [0.15, 0.2) is 0 Å². The molecule has 0 aliphatic carbocycles. The average molecular weight is 347 g/mol. The summed E-state index contributed by atoms with van der Waals surface area (Å²) in [6, 6.07) is 9.65. The van der Waals surface area contributed by atoms with Crippen LogP contribution >= 0.6 is 0 Å². The number of fused-ring (bicyclic) bond motifs is 1. The molecule has 3 rings (SSSR count). The molecule has 0 saturated heterocycles. The van der Waals surface area contributed by atoms with Gasteiger partial charge in [-0.05, 0) is 11.5 Å². The van der Waals surface area contributed by atoms with Crippen molar-refractivity contribution in [3.8, 4) is 11.5 Å². The van der Waals surface area contributed by atoms with Crippen molar-refractivity contribution in [1.82, 2.24) is 23.7 Å². The van der Waals surface area contributed by atoms with Crippen molar-refractivity contribution in [1.29, 1.82) is 0 Å². The summed E-state index contributed by atoms with van der Waals surface area (Å²) in [5.41, 5.74) is 0.598. The Kier molecular flexibility index (Phi) is 4.31. The molecule has 0 aliphatic heterocycles. The van der Waals surface area contributed by atoms with Gasteiger partial charge in [-0.1, -0.05) is 29.4 Å². The fourth-order valence-electron chi connectivity index (χ4n) is 2.26. The highest BCUT2D eigenvalue weighted by Crippen LogP contribution is 2.24. The molecule has 24 heavy (non-hydrogen) atoms. The van der Waals surface area contributed by atoms with E-state index in [4.69, 9.17) is 4.52 Å². The van der Waals surface area contributed by atoms with Crippen LogP contribution in [0.4, 0.5) is 0 Å². The van der Waals surface area contributed by atoms with Crippen molar-refractivity contribution in [2.24, 2.45) is 0 Å². The maximum Gasteiger partial charge on any atom is 0.281 e. The van der Waals surface area contributed by atoms with Gasteiger partial charge in [0.25, 0.3) is 10.2 Å². The molecule has 8 nitrogen and oxygen atoms in total. The Morgan fingerprint density at radius 1 is 1.12 bits per heavy atom. The minimum atomic E-state index is -3.54. The summed E-state index contributed by atoms with van der Waals surface area (Å²) in [5.74, 6) is 0.533. The molecular weight excluding hydrogens is 330 g/mol. The molecule has 9 heteroatoms. The minimum Gasteiger partial charge on any atom is -0.337 e. The van der Waals surface area contributed by atoms with Crippen molar-refractivity contribution in [2.75, 3.05) is 21.1 Å².